The fraction of sp³-hybridized carbons (Fsp3) is 0.273. The van der Waals surface area contributed by atoms with Crippen molar-refractivity contribution in [1.29, 1.82) is 0 Å². The average molecular weight is 381 g/mol. The fourth-order valence-electron chi connectivity index (χ4n) is 3.50. The second-order valence-electron chi connectivity index (χ2n) is 6.63. The molecule has 2 aromatic rings. The molecule has 146 valence electrons. The number of methoxy groups -OCH3 is 1. The molecule has 0 aromatic heterocycles. The van der Waals surface area contributed by atoms with E-state index in [9.17, 15) is 14.7 Å². The van der Waals surface area contributed by atoms with Crippen LogP contribution >= 0.6 is 0 Å². The molecule has 6 nitrogen and oxygen atoms in total. The lowest BCUT2D eigenvalue weighted by molar-refractivity contribution is -0.141. The third-order valence-corrected chi connectivity index (χ3v) is 4.93. The number of hydrogen-bond donors (Lipinski definition) is 1. The third-order valence-electron chi connectivity index (χ3n) is 4.93. The van der Waals surface area contributed by atoms with Gasteiger partial charge in [0.05, 0.1) is 18.6 Å². The Morgan fingerprint density at radius 2 is 1.96 bits per heavy atom. The van der Waals surface area contributed by atoms with Crippen LogP contribution in [0.4, 0.5) is 0 Å². The molecule has 6 heteroatoms. The summed E-state index contributed by atoms with van der Waals surface area (Å²) in [6.07, 6.45) is 1.59. The first-order chi connectivity index (χ1) is 13.5. The molecule has 1 heterocycles. The zero-order valence-corrected chi connectivity index (χ0v) is 15.7. The SMILES string of the molecule is C=CCOc1cc(OC)ccc1C(=O)N1C[C@H](C(=O)O)[C@H](c2ccccc2)C1. The number of hydrogen-bond acceptors (Lipinski definition) is 4. The Kier molecular flexibility index (Phi) is 5.99. The molecule has 0 saturated carbocycles. The molecule has 1 saturated heterocycles. The molecule has 28 heavy (non-hydrogen) atoms. The summed E-state index contributed by atoms with van der Waals surface area (Å²) in [6.45, 7) is 4.37. The Morgan fingerprint density at radius 3 is 2.61 bits per heavy atom. The van der Waals surface area contributed by atoms with Crippen molar-refractivity contribution < 1.29 is 24.2 Å². The third kappa shape index (κ3) is 4.01. The Labute approximate surface area is 164 Å². The molecule has 1 aliphatic rings. The van der Waals surface area contributed by atoms with Crippen LogP contribution in [0.25, 0.3) is 0 Å². The first-order valence-electron chi connectivity index (χ1n) is 9.04. The Balaban J connectivity index is 1.88. The molecule has 2 aromatic carbocycles. The molecule has 3 rings (SSSR count). The molecular weight excluding hydrogens is 358 g/mol. The smallest absolute Gasteiger partial charge is 0.308 e. The van der Waals surface area contributed by atoms with Crippen LogP contribution < -0.4 is 9.47 Å². The zero-order valence-electron chi connectivity index (χ0n) is 15.7. The highest BCUT2D eigenvalue weighted by molar-refractivity contribution is 5.97. The first kappa shape index (κ1) is 19.5. The van der Waals surface area contributed by atoms with Gasteiger partial charge in [-0.3, -0.25) is 9.59 Å². The van der Waals surface area contributed by atoms with E-state index in [2.05, 4.69) is 6.58 Å². The van der Waals surface area contributed by atoms with Crippen molar-refractivity contribution in [3.63, 3.8) is 0 Å². The fourth-order valence-corrected chi connectivity index (χ4v) is 3.50. The molecule has 0 spiro atoms. The van der Waals surface area contributed by atoms with Crippen LogP contribution in [0, 0.1) is 5.92 Å². The number of rotatable bonds is 7. The van der Waals surface area contributed by atoms with Gasteiger partial charge in [-0.25, -0.2) is 0 Å². The highest BCUT2D eigenvalue weighted by atomic mass is 16.5. The van der Waals surface area contributed by atoms with Crippen molar-refractivity contribution in [2.45, 2.75) is 5.92 Å². The first-order valence-corrected chi connectivity index (χ1v) is 9.04. The lowest BCUT2D eigenvalue weighted by Gasteiger charge is -2.19. The minimum Gasteiger partial charge on any atom is -0.497 e. The average Bonchev–Trinajstić information content (AvgIpc) is 3.18. The number of ether oxygens (including phenoxy) is 2. The Morgan fingerprint density at radius 1 is 1.21 bits per heavy atom. The number of carbonyl (C=O) groups is 2. The quantitative estimate of drug-likeness (QED) is 0.746. The van der Waals surface area contributed by atoms with Gasteiger partial charge in [-0.1, -0.05) is 43.0 Å². The standard InChI is InChI=1S/C22H23NO5/c1-3-11-28-20-12-16(27-2)9-10-17(20)21(24)23-13-18(19(14-23)22(25)26)15-7-5-4-6-8-15/h3-10,12,18-19H,1,11,13-14H2,2H3,(H,25,26)/t18-,19-/m0/s1. The Bertz CT molecular complexity index is 864. The van der Waals surface area contributed by atoms with Gasteiger partial charge in [0.1, 0.15) is 18.1 Å². The van der Waals surface area contributed by atoms with E-state index in [-0.39, 0.29) is 25.0 Å². The maximum atomic E-state index is 13.2. The summed E-state index contributed by atoms with van der Waals surface area (Å²) in [4.78, 5) is 26.5. The van der Waals surface area contributed by atoms with Crippen LogP contribution in [0.15, 0.2) is 61.2 Å². The van der Waals surface area contributed by atoms with Crippen molar-refractivity contribution in [2.75, 3.05) is 26.8 Å². The maximum absolute atomic E-state index is 13.2. The summed E-state index contributed by atoms with van der Waals surface area (Å²) in [6, 6.07) is 14.4. The number of nitrogens with zero attached hydrogens (tertiary/aromatic N) is 1. The van der Waals surface area contributed by atoms with E-state index < -0.39 is 11.9 Å². The van der Waals surface area contributed by atoms with E-state index in [0.717, 1.165) is 5.56 Å². The number of likely N-dealkylation sites (tertiary alicyclic amines) is 1. The van der Waals surface area contributed by atoms with Crippen LogP contribution in [0.5, 0.6) is 11.5 Å². The molecule has 1 aliphatic heterocycles. The summed E-state index contributed by atoms with van der Waals surface area (Å²) < 4.78 is 10.8. The van der Waals surface area contributed by atoms with Gasteiger partial charge in [-0.05, 0) is 17.7 Å². The number of carbonyl (C=O) groups excluding carboxylic acids is 1. The topological polar surface area (TPSA) is 76.1 Å². The molecule has 0 radical (unpaired) electrons. The summed E-state index contributed by atoms with van der Waals surface area (Å²) >= 11 is 0. The van der Waals surface area contributed by atoms with Gasteiger partial charge in [0.15, 0.2) is 0 Å². The lowest BCUT2D eigenvalue weighted by Crippen LogP contribution is -2.30. The molecule has 1 fully saturated rings. The second-order valence-corrected chi connectivity index (χ2v) is 6.63. The van der Waals surface area contributed by atoms with Crippen molar-refractivity contribution in [2.24, 2.45) is 5.92 Å². The summed E-state index contributed by atoms with van der Waals surface area (Å²) in [5.74, 6) is -1.10. The maximum Gasteiger partial charge on any atom is 0.308 e. The van der Waals surface area contributed by atoms with Crippen LogP contribution in [0.1, 0.15) is 21.8 Å². The van der Waals surface area contributed by atoms with E-state index >= 15 is 0 Å². The van der Waals surface area contributed by atoms with Crippen molar-refractivity contribution in [1.82, 2.24) is 4.90 Å². The number of aliphatic carboxylic acids is 1. The predicted octanol–water partition coefficient (Wildman–Crippen LogP) is 3.20. The second kappa shape index (κ2) is 8.61. The molecule has 0 aliphatic carbocycles. The van der Waals surface area contributed by atoms with E-state index in [1.165, 1.54) is 7.11 Å². The van der Waals surface area contributed by atoms with E-state index in [1.54, 1.807) is 29.2 Å². The van der Waals surface area contributed by atoms with Gasteiger partial charge in [0.2, 0.25) is 0 Å². The molecule has 0 bridgehead atoms. The van der Waals surface area contributed by atoms with Crippen molar-refractivity contribution in [3.8, 4) is 11.5 Å². The van der Waals surface area contributed by atoms with Crippen LogP contribution in [0.2, 0.25) is 0 Å². The van der Waals surface area contributed by atoms with Crippen molar-refractivity contribution in [3.05, 3.63) is 72.3 Å². The number of amides is 1. The van der Waals surface area contributed by atoms with Gasteiger partial charge in [-0.15, -0.1) is 0 Å². The summed E-state index contributed by atoms with van der Waals surface area (Å²) in [5, 5.41) is 9.66. The molecular formula is C22H23NO5. The van der Waals surface area contributed by atoms with Crippen LogP contribution in [-0.2, 0) is 4.79 Å². The predicted molar refractivity (Wildman–Crippen MR) is 105 cm³/mol. The lowest BCUT2D eigenvalue weighted by atomic mass is 9.89. The number of carboxylic acid groups (broad SMARTS) is 1. The normalized spacial score (nSPS) is 18.5. The minimum atomic E-state index is -0.901. The van der Waals surface area contributed by atoms with Gasteiger partial charge in [0.25, 0.3) is 5.91 Å². The zero-order chi connectivity index (χ0) is 20.1. The molecule has 1 amide bonds. The van der Waals surface area contributed by atoms with Crippen molar-refractivity contribution >= 4 is 11.9 Å². The van der Waals surface area contributed by atoms with Crippen LogP contribution in [0.3, 0.4) is 0 Å². The van der Waals surface area contributed by atoms with Crippen LogP contribution in [-0.4, -0.2) is 48.7 Å². The van der Waals surface area contributed by atoms with Gasteiger partial charge < -0.3 is 19.5 Å². The van der Waals surface area contributed by atoms with E-state index in [0.29, 0.717) is 23.6 Å². The highest BCUT2D eigenvalue weighted by Gasteiger charge is 2.41. The largest absolute Gasteiger partial charge is 0.497 e. The monoisotopic (exact) mass is 381 g/mol. The minimum absolute atomic E-state index is 0.153. The number of carboxylic acids is 1. The van der Waals surface area contributed by atoms with Gasteiger partial charge in [-0.2, -0.15) is 0 Å². The Hall–Kier alpha value is -3.28. The molecule has 0 unspecified atom stereocenters. The number of benzene rings is 2. The summed E-state index contributed by atoms with van der Waals surface area (Å²) in [7, 11) is 1.54. The molecule has 1 N–H and O–H groups in total. The van der Waals surface area contributed by atoms with Gasteiger partial charge in [0, 0.05) is 25.1 Å². The van der Waals surface area contributed by atoms with Gasteiger partial charge >= 0.3 is 5.97 Å². The van der Waals surface area contributed by atoms with E-state index in [1.807, 2.05) is 30.3 Å². The summed E-state index contributed by atoms with van der Waals surface area (Å²) in [5.41, 5.74) is 1.29. The highest BCUT2D eigenvalue weighted by Crippen LogP contribution is 2.35. The molecule has 2 atom stereocenters. The van der Waals surface area contributed by atoms with E-state index in [4.69, 9.17) is 9.47 Å².